The number of halogens is 2. The van der Waals surface area contributed by atoms with E-state index >= 15 is 0 Å². The molecule has 2 rings (SSSR count). The number of aromatic hydroxyl groups is 1. The van der Waals surface area contributed by atoms with E-state index in [-0.39, 0.29) is 5.75 Å². The van der Waals surface area contributed by atoms with Crippen LogP contribution in [0.4, 0.5) is 5.95 Å². The van der Waals surface area contributed by atoms with Crippen LogP contribution in [-0.4, -0.2) is 26.2 Å². The predicted molar refractivity (Wildman–Crippen MR) is 89.7 cm³/mol. The molecule has 1 aromatic heterocycles. The lowest BCUT2D eigenvalue weighted by Gasteiger charge is -2.03. The summed E-state index contributed by atoms with van der Waals surface area (Å²) in [5.41, 5.74) is 3.28. The second kappa shape index (κ2) is 5.90. The van der Waals surface area contributed by atoms with Crippen molar-refractivity contribution in [1.82, 2.24) is 14.9 Å². The van der Waals surface area contributed by atoms with Crippen molar-refractivity contribution in [2.45, 2.75) is 6.92 Å². The number of nitrogens with two attached hydrogens (primary N) is 1. The highest BCUT2D eigenvalue weighted by atomic mass is 127. The van der Waals surface area contributed by atoms with Crippen LogP contribution in [0.15, 0.2) is 17.2 Å². The number of phenolic OH excluding ortho intramolecular Hbond substituents is 1. The van der Waals surface area contributed by atoms with Gasteiger partial charge in [0.05, 0.1) is 9.78 Å². The Morgan fingerprint density at radius 3 is 2.79 bits per heavy atom. The van der Waals surface area contributed by atoms with Gasteiger partial charge in [0.25, 0.3) is 5.95 Å². The van der Waals surface area contributed by atoms with Gasteiger partial charge in [0.1, 0.15) is 5.75 Å². The lowest BCUT2D eigenvalue weighted by molar-refractivity contribution is 0.470. The normalized spacial score (nSPS) is 11.1. The molecule has 0 atom stereocenters. The molecule has 0 bridgehead atoms. The van der Waals surface area contributed by atoms with Crippen molar-refractivity contribution in [3.8, 4) is 5.75 Å². The summed E-state index contributed by atoms with van der Waals surface area (Å²) in [5, 5.41) is 21.5. The fraction of sp³-hybridized carbons (Fsp3) is 0.100. The first-order valence-electron chi connectivity index (χ1n) is 5.13. The molecule has 0 saturated heterocycles. The molecule has 0 saturated carbocycles. The smallest absolute Gasteiger partial charge is 0.263 e. The maximum atomic E-state index is 9.89. The van der Waals surface area contributed by atoms with Crippen molar-refractivity contribution in [2.24, 2.45) is 5.10 Å². The number of nitrogens with zero attached hydrogens (tertiary/aromatic N) is 4. The summed E-state index contributed by atoms with van der Waals surface area (Å²) in [6.45, 7) is 1.73. The number of phenols is 1. The van der Waals surface area contributed by atoms with Gasteiger partial charge < -0.3 is 10.9 Å². The fourth-order valence-electron chi connectivity index (χ4n) is 1.29. The summed E-state index contributed by atoms with van der Waals surface area (Å²) in [5.74, 6) is 6.76. The first-order valence-corrected chi connectivity index (χ1v) is 7.29. The maximum absolute atomic E-state index is 9.89. The Kier molecular flexibility index (Phi) is 4.44. The molecule has 0 fully saturated rings. The van der Waals surface area contributed by atoms with Gasteiger partial charge in [-0.15, -0.1) is 10.2 Å². The standard InChI is InChI=1S/C10H10I2N6O/c1-5-15-17-10(18(5)13)16-14-4-6-2-7(11)3-8(12)9(6)19/h2-4,19H,13H2,1H3,(H,16,17)/b14-4+. The number of rotatable bonds is 3. The number of benzene rings is 1. The van der Waals surface area contributed by atoms with Crippen molar-refractivity contribution in [2.75, 3.05) is 11.3 Å². The molecular formula is C10H10I2N6O. The van der Waals surface area contributed by atoms with E-state index in [4.69, 9.17) is 5.84 Å². The minimum Gasteiger partial charge on any atom is -0.506 e. The van der Waals surface area contributed by atoms with Crippen LogP contribution in [0.2, 0.25) is 0 Å². The van der Waals surface area contributed by atoms with Gasteiger partial charge in [-0.1, -0.05) is 0 Å². The van der Waals surface area contributed by atoms with Crippen molar-refractivity contribution in [3.63, 3.8) is 0 Å². The Morgan fingerprint density at radius 1 is 1.42 bits per heavy atom. The third kappa shape index (κ3) is 3.26. The number of hydrazone groups is 1. The topological polar surface area (TPSA) is 101 Å². The Hall–Kier alpha value is -1.11. The summed E-state index contributed by atoms with van der Waals surface area (Å²) in [4.78, 5) is 0. The summed E-state index contributed by atoms with van der Waals surface area (Å²) in [6.07, 6.45) is 1.50. The average Bonchev–Trinajstić information content (AvgIpc) is 2.67. The third-order valence-electron chi connectivity index (χ3n) is 2.29. The molecule has 100 valence electrons. The molecule has 7 nitrogen and oxygen atoms in total. The van der Waals surface area contributed by atoms with E-state index < -0.39 is 0 Å². The van der Waals surface area contributed by atoms with E-state index in [9.17, 15) is 5.11 Å². The number of aromatic nitrogens is 3. The Labute approximate surface area is 136 Å². The summed E-state index contributed by atoms with van der Waals surface area (Å²) in [6, 6.07) is 3.70. The van der Waals surface area contributed by atoms with Gasteiger partial charge in [-0.3, -0.25) is 0 Å². The van der Waals surface area contributed by atoms with Crippen molar-refractivity contribution in [3.05, 3.63) is 30.7 Å². The molecule has 0 unspecified atom stereocenters. The van der Waals surface area contributed by atoms with Gasteiger partial charge in [-0.05, 0) is 64.2 Å². The SMILES string of the molecule is Cc1nnc(N/N=C/c2cc(I)cc(I)c2O)n1N. The van der Waals surface area contributed by atoms with Crippen LogP contribution in [0.1, 0.15) is 11.4 Å². The van der Waals surface area contributed by atoms with E-state index in [2.05, 4.69) is 65.9 Å². The van der Waals surface area contributed by atoms with Gasteiger partial charge in [-0.2, -0.15) is 5.10 Å². The maximum Gasteiger partial charge on any atom is 0.263 e. The van der Waals surface area contributed by atoms with Gasteiger partial charge in [0, 0.05) is 9.13 Å². The number of hydrogen-bond acceptors (Lipinski definition) is 6. The quantitative estimate of drug-likeness (QED) is 0.267. The number of nitrogen functional groups attached to an aromatic ring is 1. The zero-order valence-corrected chi connectivity index (χ0v) is 14.1. The monoisotopic (exact) mass is 484 g/mol. The highest BCUT2D eigenvalue weighted by Gasteiger charge is 2.06. The van der Waals surface area contributed by atoms with Gasteiger partial charge in [-0.25, -0.2) is 10.1 Å². The minimum atomic E-state index is 0.192. The van der Waals surface area contributed by atoms with Crippen LogP contribution in [0.5, 0.6) is 5.75 Å². The highest BCUT2D eigenvalue weighted by Crippen LogP contribution is 2.25. The fourth-order valence-corrected chi connectivity index (χ4v) is 3.18. The van der Waals surface area contributed by atoms with Gasteiger partial charge in [0.2, 0.25) is 0 Å². The summed E-state index contributed by atoms with van der Waals surface area (Å²) >= 11 is 4.24. The summed E-state index contributed by atoms with van der Waals surface area (Å²) in [7, 11) is 0. The van der Waals surface area contributed by atoms with E-state index in [1.54, 1.807) is 6.92 Å². The lowest BCUT2D eigenvalue weighted by Crippen LogP contribution is -2.13. The molecule has 0 radical (unpaired) electrons. The first-order chi connectivity index (χ1) is 8.99. The zero-order chi connectivity index (χ0) is 14.0. The van der Waals surface area contributed by atoms with Gasteiger partial charge >= 0.3 is 0 Å². The van der Waals surface area contributed by atoms with E-state index in [0.717, 1.165) is 7.14 Å². The number of aryl methyl sites for hydroxylation is 1. The Bertz CT molecular complexity index is 639. The van der Waals surface area contributed by atoms with E-state index in [1.807, 2.05) is 12.1 Å². The molecule has 1 aromatic carbocycles. The molecular weight excluding hydrogens is 474 g/mol. The second-order valence-electron chi connectivity index (χ2n) is 3.64. The van der Waals surface area contributed by atoms with Crippen molar-refractivity contribution >= 4 is 57.3 Å². The first kappa shape index (κ1) is 14.3. The summed E-state index contributed by atoms with van der Waals surface area (Å²) < 4.78 is 3.07. The highest BCUT2D eigenvalue weighted by molar-refractivity contribution is 14.1. The van der Waals surface area contributed by atoms with Crippen LogP contribution >= 0.6 is 45.2 Å². The van der Waals surface area contributed by atoms with E-state index in [1.165, 1.54) is 10.9 Å². The molecule has 9 heteroatoms. The average molecular weight is 484 g/mol. The Balaban J connectivity index is 2.18. The molecule has 0 amide bonds. The molecule has 0 aliphatic rings. The third-order valence-corrected chi connectivity index (χ3v) is 3.74. The number of anilines is 1. The largest absolute Gasteiger partial charge is 0.506 e. The second-order valence-corrected chi connectivity index (χ2v) is 6.04. The molecule has 1 heterocycles. The minimum absolute atomic E-state index is 0.192. The van der Waals surface area contributed by atoms with E-state index in [0.29, 0.717) is 17.3 Å². The van der Waals surface area contributed by atoms with Crippen LogP contribution in [0.3, 0.4) is 0 Å². The molecule has 0 aliphatic heterocycles. The molecule has 19 heavy (non-hydrogen) atoms. The zero-order valence-electron chi connectivity index (χ0n) is 9.80. The van der Waals surface area contributed by atoms with Gasteiger partial charge in [0.15, 0.2) is 5.82 Å². The molecule has 4 N–H and O–H groups in total. The van der Waals surface area contributed by atoms with Crippen LogP contribution in [-0.2, 0) is 0 Å². The lowest BCUT2D eigenvalue weighted by atomic mass is 10.2. The molecule has 0 aliphatic carbocycles. The van der Waals surface area contributed by atoms with Crippen LogP contribution in [0, 0.1) is 14.1 Å². The molecule has 0 spiro atoms. The van der Waals surface area contributed by atoms with Crippen molar-refractivity contribution < 1.29 is 5.11 Å². The predicted octanol–water partition coefficient (Wildman–Crippen LogP) is 1.66. The Morgan fingerprint density at radius 2 is 2.16 bits per heavy atom. The number of nitrogens with one attached hydrogen (secondary N) is 1. The van der Waals surface area contributed by atoms with Crippen LogP contribution in [0.25, 0.3) is 0 Å². The molecule has 2 aromatic rings. The van der Waals surface area contributed by atoms with Crippen molar-refractivity contribution in [1.29, 1.82) is 0 Å². The van der Waals surface area contributed by atoms with Crippen LogP contribution < -0.4 is 11.3 Å². The number of hydrogen-bond donors (Lipinski definition) is 3.